The molecule has 1 fully saturated rings. The lowest BCUT2D eigenvalue weighted by Crippen LogP contribution is -2.34. The molecule has 3 nitrogen and oxygen atoms in total. The smallest absolute Gasteiger partial charge is 0.253 e. The summed E-state index contributed by atoms with van der Waals surface area (Å²) in [5, 5.41) is 4.06. The number of benzene rings is 1. The van der Waals surface area contributed by atoms with Crippen molar-refractivity contribution in [2.24, 2.45) is 0 Å². The number of amides is 1. The van der Waals surface area contributed by atoms with Crippen LogP contribution in [0, 0.1) is 0 Å². The molecule has 1 saturated carbocycles. The molecule has 0 radical (unpaired) electrons. The van der Waals surface area contributed by atoms with Crippen LogP contribution in [0.4, 0.5) is 0 Å². The van der Waals surface area contributed by atoms with Crippen LogP contribution in [0.5, 0.6) is 0 Å². The van der Waals surface area contributed by atoms with Crippen molar-refractivity contribution >= 4 is 16.8 Å². The number of carbonyl (C=O) groups excluding carboxylic acids is 1. The minimum absolute atomic E-state index is 0.0254. The van der Waals surface area contributed by atoms with E-state index in [9.17, 15) is 4.79 Å². The first-order valence-corrected chi connectivity index (χ1v) is 5.57. The average Bonchev–Trinajstić information content (AvgIpc) is 2.84. The number of rotatable bonds is 2. The molecule has 3 heteroatoms. The van der Waals surface area contributed by atoms with Gasteiger partial charge in [-0.3, -0.25) is 4.79 Å². The topological polar surface area (TPSA) is 44.9 Å². The lowest BCUT2D eigenvalue weighted by molar-refractivity contribution is 0.0937. The number of aromatic nitrogens is 1. The van der Waals surface area contributed by atoms with Crippen LogP contribution in [-0.2, 0) is 0 Å². The van der Waals surface area contributed by atoms with E-state index in [1.54, 1.807) is 6.20 Å². The monoisotopic (exact) mass is 214 g/mol. The number of H-pyrrole nitrogens is 1. The molecule has 1 amide bonds. The minimum atomic E-state index is 0.0254. The Morgan fingerprint density at radius 2 is 2.12 bits per heavy atom. The lowest BCUT2D eigenvalue weighted by atomic mass is 10.1. The number of carbonyl (C=O) groups is 1. The van der Waals surface area contributed by atoms with Gasteiger partial charge in [-0.05, 0) is 25.8 Å². The van der Waals surface area contributed by atoms with Crippen molar-refractivity contribution < 1.29 is 4.79 Å². The van der Waals surface area contributed by atoms with Gasteiger partial charge in [0.05, 0.1) is 5.56 Å². The number of hydrogen-bond donors (Lipinski definition) is 2. The molecule has 0 atom stereocenters. The molecule has 0 aliphatic heterocycles. The summed E-state index contributed by atoms with van der Waals surface area (Å²) in [6, 6.07) is 7.86. The van der Waals surface area contributed by atoms with Gasteiger partial charge in [-0.15, -0.1) is 0 Å². The van der Waals surface area contributed by atoms with E-state index >= 15 is 0 Å². The summed E-state index contributed by atoms with van der Waals surface area (Å²) in [6.45, 7) is 2.08. The first-order chi connectivity index (χ1) is 7.68. The highest BCUT2D eigenvalue weighted by atomic mass is 16.1. The number of fused-ring (bicyclic) bond motifs is 1. The van der Waals surface area contributed by atoms with Crippen LogP contribution >= 0.6 is 0 Å². The molecule has 1 aromatic heterocycles. The van der Waals surface area contributed by atoms with Crippen LogP contribution in [0.15, 0.2) is 30.5 Å². The number of aromatic amines is 1. The highest BCUT2D eigenvalue weighted by Gasteiger charge is 2.39. The summed E-state index contributed by atoms with van der Waals surface area (Å²) in [7, 11) is 0. The normalized spacial score (nSPS) is 17.3. The molecule has 2 aromatic rings. The molecular formula is C13H14N2O. The van der Waals surface area contributed by atoms with Crippen molar-refractivity contribution in [3.63, 3.8) is 0 Å². The first kappa shape index (κ1) is 9.46. The van der Waals surface area contributed by atoms with Gasteiger partial charge in [0, 0.05) is 22.6 Å². The Morgan fingerprint density at radius 3 is 2.88 bits per heavy atom. The maximum absolute atomic E-state index is 12.0. The molecule has 0 spiro atoms. The van der Waals surface area contributed by atoms with Gasteiger partial charge in [-0.2, -0.15) is 0 Å². The maximum atomic E-state index is 12.0. The molecule has 1 aliphatic carbocycles. The van der Waals surface area contributed by atoms with Gasteiger partial charge in [0.25, 0.3) is 5.91 Å². The Bertz CT molecular complexity index is 552. The second-order valence-electron chi connectivity index (χ2n) is 4.76. The predicted octanol–water partition coefficient (Wildman–Crippen LogP) is 2.45. The van der Waals surface area contributed by atoms with Crippen molar-refractivity contribution in [1.82, 2.24) is 10.3 Å². The summed E-state index contributed by atoms with van der Waals surface area (Å²) >= 11 is 0. The first-order valence-electron chi connectivity index (χ1n) is 5.57. The summed E-state index contributed by atoms with van der Waals surface area (Å²) in [6.07, 6.45) is 3.95. The fraction of sp³-hybridized carbons (Fsp3) is 0.308. The molecule has 3 rings (SSSR count). The molecule has 16 heavy (non-hydrogen) atoms. The van der Waals surface area contributed by atoms with Crippen LogP contribution in [0.2, 0.25) is 0 Å². The minimum Gasteiger partial charge on any atom is -0.360 e. The van der Waals surface area contributed by atoms with Gasteiger partial charge in [0.1, 0.15) is 0 Å². The van der Waals surface area contributed by atoms with Crippen LogP contribution in [-0.4, -0.2) is 16.4 Å². The van der Waals surface area contributed by atoms with Gasteiger partial charge >= 0.3 is 0 Å². The quantitative estimate of drug-likeness (QED) is 0.792. The zero-order valence-electron chi connectivity index (χ0n) is 9.21. The van der Waals surface area contributed by atoms with Gasteiger partial charge in [0.15, 0.2) is 0 Å². The standard InChI is InChI=1S/C13H14N2O/c1-13(6-7-13)15-12(16)10-8-14-11-5-3-2-4-9(10)11/h2-5,8,14H,6-7H2,1H3,(H,15,16). The van der Waals surface area contributed by atoms with Crippen molar-refractivity contribution in [2.75, 3.05) is 0 Å². The Morgan fingerprint density at radius 1 is 1.38 bits per heavy atom. The fourth-order valence-electron chi connectivity index (χ4n) is 1.91. The fourth-order valence-corrected chi connectivity index (χ4v) is 1.91. The molecule has 1 aromatic carbocycles. The Kier molecular flexibility index (Phi) is 1.84. The van der Waals surface area contributed by atoms with E-state index in [4.69, 9.17) is 0 Å². The Balaban J connectivity index is 1.96. The van der Waals surface area contributed by atoms with Crippen molar-refractivity contribution in [2.45, 2.75) is 25.3 Å². The highest BCUT2D eigenvalue weighted by molar-refractivity contribution is 6.07. The van der Waals surface area contributed by atoms with E-state index in [-0.39, 0.29) is 11.4 Å². The molecule has 1 aliphatic rings. The lowest BCUT2D eigenvalue weighted by Gasteiger charge is -2.10. The Labute approximate surface area is 93.9 Å². The van der Waals surface area contributed by atoms with E-state index in [0.29, 0.717) is 0 Å². The maximum Gasteiger partial charge on any atom is 0.253 e. The van der Waals surface area contributed by atoms with Gasteiger partial charge in [0.2, 0.25) is 0 Å². The number of hydrogen-bond acceptors (Lipinski definition) is 1. The highest BCUT2D eigenvalue weighted by Crippen LogP contribution is 2.34. The Hall–Kier alpha value is -1.77. The molecular weight excluding hydrogens is 200 g/mol. The molecule has 82 valence electrons. The van der Waals surface area contributed by atoms with Crippen LogP contribution < -0.4 is 5.32 Å². The van der Waals surface area contributed by atoms with E-state index in [1.165, 1.54) is 0 Å². The predicted molar refractivity (Wildman–Crippen MR) is 63.4 cm³/mol. The van der Waals surface area contributed by atoms with Crippen molar-refractivity contribution in [3.05, 3.63) is 36.0 Å². The summed E-state index contributed by atoms with van der Waals surface area (Å²) in [4.78, 5) is 15.2. The molecule has 2 N–H and O–H groups in total. The summed E-state index contributed by atoms with van der Waals surface area (Å²) < 4.78 is 0. The third-order valence-corrected chi connectivity index (χ3v) is 3.25. The van der Waals surface area contributed by atoms with Crippen molar-refractivity contribution in [3.8, 4) is 0 Å². The van der Waals surface area contributed by atoms with E-state index < -0.39 is 0 Å². The largest absolute Gasteiger partial charge is 0.360 e. The number of nitrogens with one attached hydrogen (secondary N) is 2. The zero-order chi connectivity index (χ0) is 11.2. The van der Waals surface area contributed by atoms with E-state index in [1.807, 2.05) is 24.3 Å². The third kappa shape index (κ3) is 1.48. The van der Waals surface area contributed by atoms with E-state index in [0.717, 1.165) is 29.3 Å². The second kappa shape index (κ2) is 3.11. The van der Waals surface area contributed by atoms with Gasteiger partial charge < -0.3 is 10.3 Å². The number of para-hydroxylation sites is 1. The average molecular weight is 214 g/mol. The SMILES string of the molecule is CC1(NC(=O)c2c[nH]c3ccccc23)CC1. The van der Waals surface area contributed by atoms with Gasteiger partial charge in [-0.25, -0.2) is 0 Å². The van der Waals surface area contributed by atoms with Gasteiger partial charge in [-0.1, -0.05) is 18.2 Å². The zero-order valence-corrected chi connectivity index (χ0v) is 9.21. The molecule has 1 heterocycles. The molecule has 0 unspecified atom stereocenters. The third-order valence-electron chi connectivity index (χ3n) is 3.25. The van der Waals surface area contributed by atoms with Crippen molar-refractivity contribution in [1.29, 1.82) is 0 Å². The molecule has 0 saturated heterocycles. The summed E-state index contributed by atoms with van der Waals surface area (Å²) in [5.41, 5.74) is 1.78. The molecule has 0 bridgehead atoms. The second-order valence-corrected chi connectivity index (χ2v) is 4.76. The van der Waals surface area contributed by atoms with Crippen LogP contribution in [0.1, 0.15) is 30.1 Å². The van der Waals surface area contributed by atoms with Crippen LogP contribution in [0.3, 0.4) is 0 Å². The van der Waals surface area contributed by atoms with Crippen LogP contribution in [0.25, 0.3) is 10.9 Å². The van der Waals surface area contributed by atoms with E-state index in [2.05, 4.69) is 17.2 Å². The summed E-state index contributed by atoms with van der Waals surface area (Å²) in [5.74, 6) is 0.0254.